The molecule has 2 heterocycles. The molecule has 98 valence electrons. The number of methoxy groups -OCH3 is 1. The molecule has 0 aromatic carbocycles. The Hall–Kier alpha value is -1.46. The van der Waals surface area contributed by atoms with Gasteiger partial charge < -0.3 is 14.2 Å². The zero-order chi connectivity index (χ0) is 12.8. The highest BCUT2D eigenvalue weighted by molar-refractivity contribution is 5.88. The lowest BCUT2D eigenvalue weighted by molar-refractivity contribution is 0.00964. The Morgan fingerprint density at radius 3 is 3.06 bits per heavy atom. The minimum absolute atomic E-state index is 0.222. The molecule has 1 aromatic rings. The molecule has 1 aromatic heterocycles. The molecule has 1 atom stereocenters. The van der Waals surface area contributed by atoms with Crippen LogP contribution in [0.2, 0.25) is 0 Å². The van der Waals surface area contributed by atoms with Crippen molar-refractivity contribution in [2.45, 2.75) is 25.6 Å². The van der Waals surface area contributed by atoms with Crippen molar-refractivity contribution in [1.82, 2.24) is 4.98 Å². The average molecular weight is 251 g/mol. The SMILES string of the molecule is COC(=O)c1ccc(COCC2CCCO2)nc1. The van der Waals surface area contributed by atoms with Gasteiger partial charge in [0.05, 0.1) is 37.7 Å². The molecule has 2 rings (SSSR count). The van der Waals surface area contributed by atoms with Gasteiger partial charge in [-0.05, 0) is 25.0 Å². The summed E-state index contributed by atoms with van der Waals surface area (Å²) >= 11 is 0. The topological polar surface area (TPSA) is 57.7 Å². The van der Waals surface area contributed by atoms with E-state index >= 15 is 0 Å². The highest BCUT2D eigenvalue weighted by Gasteiger charge is 2.15. The van der Waals surface area contributed by atoms with Gasteiger partial charge in [0, 0.05) is 12.8 Å². The second kappa shape index (κ2) is 6.47. The molecule has 1 aliphatic heterocycles. The number of carbonyl (C=O) groups excluding carboxylic acids is 1. The molecule has 18 heavy (non-hydrogen) atoms. The van der Waals surface area contributed by atoms with Gasteiger partial charge >= 0.3 is 5.97 Å². The van der Waals surface area contributed by atoms with E-state index in [1.807, 2.05) is 0 Å². The van der Waals surface area contributed by atoms with Crippen LogP contribution in [0.15, 0.2) is 18.3 Å². The molecule has 0 amide bonds. The fourth-order valence-electron chi connectivity index (χ4n) is 1.82. The molecule has 5 nitrogen and oxygen atoms in total. The Morgan fingerprint density at radius 1 is 1.56 bits per heavy atom. The number of esters is 1. The summed E-state index contributed by atoms with van der Waals surface area (Å²) in [6.45, 7) is 1.86. The fourth-order valence-corrected chi connectivity index (χ4v) is 1.82. The summed E-state index contributed by atoms with van der Waals surface area (Å²) in [7, 11) is 1.35. The van der Waals surface area contributed by atoms with E-state index in [0.29, 0.717) is 18.8 Å². The summed E-state index contributed by atoms with van der Waals surface area (Å²) in [5.41, 5.74) is 1.24. The van der Waals surface area contributed by atoms with Gasteiger partial charge in [-0.1, -0.05) is 0 Å². The van der Waals surface area contributed by atoms with Crippen LogP contribution in [0.5, 0.6) is 0 Å². The van der Waals surface area contributed by atoms with Crippen LogP contribution in [0, 0.1) is 0 Å². The normalized spacial score (nSPS) is 18.8. The first kappa shape index (κ1) is 13.0. The van der Waals surface area contributed by atoms with E-state index in [9.17, 15) is 4.79 Å². The summed E-state index contributed by atoms with van der Waals surface area (Å²) in [5, 5.41) is 0. The minimum Gasteiger partial charge on any atom is -0.465 e. The number of nitrogens with zero attached hydrogens (tertiary/aromatic N) is 1. The predicted molar refractivity (Wildman–Crippen MR) is 64.2 cm³/mol. The summed E-state index contributed by atoms with van der Waals surface area (Å²) in [5.74, 6) is -0.380. The van der Waals surface area contributed by atoms with Crippen molar-refractivity contribution in [2.75, 3.05) is 20.3 Å². The molecular weight excluding hydrogens is 234 g/mol. The van der Waals surface area contributed by atoms with Gasteiger partial charge in [0.25, 0.3) is 0 Å². The third-order valence-electron chi connectivity index (χ3n) is 2.82. The van der Waals surface area contributed by atoms with Crippen molar-refractivity contribution in [3.05, 3.63) is 29.6 Å². The monoisotopic (exact) mass is 251 g/mol. The number of pyridine rings is 1. The Morgan fingerprint density at radius 2 is 2.44 bits per heavy atom. The molecule has 1 unspecified atom stereocenters. The molecule has 1 saturated heterocycles. The number of carbonyl (C=O) groups is 1. The lowest BCUT2D eigenvalue weighted by atomic mass is 10.2. The average Bonchev–Trinajstić information content (AvgIpc) is 2.92. The Bertz CT molecular complexity index is 384. The van der Waals surface area contributed by atoms with Gasteiger partial charge in [-0.3, -0.25) is 4.98 Å². The van der Waals surface area contributed by atoms with E-state index in [1.165, 1.54) is 13.3 Å². The fraction of sp³-hybridized carbons (Fsp3) is 0.538. The zero-order valence-electron chi connectivity index (χ0n) is 10.4. The molecule has 0 aliphatic carbocycles. The van der Waals surface area contributed by atoms with Crippen molar-refractivity contribution in [3.63, 3.8) is 0 Å². The molecule has 1 fully saturated rings. The maximum Gasteiger partial charge on any atom is 0.339 e. The van der Waals surface area contributed by atoms with Crippen LogP contribution in [0.25, 0.3) is 0 Å². The first-order valence-corrected chi connectivity index (χ1v) is 6.02. The van der Waals surface area contributed by atoms with Crippen LogP contribution in [0.3, 0.4) is 0 Å². The maximum absolute atomic E-state index is 11.2. The van der Waals surface area contributed by atoms with E-state index < -0.39 is 0 Å². The van der Waals surface area contributed by atoms with Crippen molar-refractivity contribution in [3.8, 4) is 0 Å². The Balaban J connectivity index is 1.77. The van der Waals surface area contributed by atoms with Crippen molar-refractivity contribution in [1.29, 1.82) is 0 Å². The largest absolute Gasteiger partial charge is 0.465 e. The molecule has 0 spiro atoms. The molecule has 0 saturated carbocycles. The van der Waals surface area contributed by atoms with E-state index in [4.69, 9.17) is 9.47 Å². The van der Waals surface area contributed by atoms with Gasteiger partial charge in [0.1, 0.15) is 0 Å². The quantitative estimate of drug-likeness (QED) is 0.743. The number of aromatic nitrogens is 1. The van der Waals surface area contributed by atoms with Crippen molar-refractivity contribution >= 4 is 5.97 Å². The molecule has 0 N–H and O–H groups in total. The Labute approximate surface area is 106 Å². The third kappa shape index (κ3) is 3.51. The van der Waals surface area contributed by atoms with Crippen LogP contribution in [0.1, 0.15) is 28.9 Å². The van der Waals surface area contributed by atoms with Crippen molar-refractivity contribution in [2.24, 2.45) is 0 Å². The summed E-state index contributed by atoms with van der Waals surface area (Å²) in [6.07, 6.45) is 3.89. The second-order valence-electron chi connectivity index (χ2n) is 4.18. The summed E-state index contributed by atoms with van der Waals surface area (Å²) in [6, 6.07) is 3.45. The number of rotatable bonds is 5. The van der Waals surface area contributed by atoms with Crippen LogP contribution >= 0.6 is 0 Å². The smallest absolute Gasteiger partial charge is 0.339 e. The van der Waals surface area contributed by atoms with Crippen LogP contribution in [0.4, 0.5) is 0 Å². The first-order chi connectivity index (χ1) is 8.79. The molecule has 0 bridgehead atoms. The number of hydrogen-bond acceptors (Lipinski definition) is 5. The maximum atomic E-state index is 11.2. The molecule has 5 heteroatoms. The van der Waals surface area contributed by atoms with E-state index in [-0.39, 0.29) is 12.1 Å². The lowest BCUT2D eigenvalue weighted by Crippen LogP contribution is -2.14. The third-order valence-corrected chi connectivity index (χ3v) is 2.82. The van der Waals surface area contributed by atoms with Gasteiger partial charge in [0.15, 0.2) is 0 Å². The van der Waals surface area contributed by atoms with Crippen LogP contribution < -0.4 is 0 Å². The standard InChI is InChI=1S/C13H17NO4/c1-16-13(15)10-4-5-11(14-7-10)8-17-9-12-3-2-6-18-12/h4-5,7,12H,2-3,6,8-9H2,1H3. The molecule has 1 aliphatic rings. The minimum atomic E-state index is -0.380. The van der Waals surface area contributed by atoms with Crippen molar-refractivity contribution < 1.29 is 19.0 Å². The summed E-state index contributed by atoms with van der Waals surface area (Å²) in [4.78, 5) is 15.3. The predicted octanol–water partition coefficient (Wildman–Crippen LogP) is 1.56. The highest BCUT2D eigenvalue weighted by atomic mass is 16.5. The zero-order valence-corrected chi connectivity index (χ0v) is 10.4. The lowest BCUT2D eigenvalue weighted by Gasteiger charge is -2.09. The molecular formula is C13H17NO4. The van der Waals surface area contributed by atoms with Crippen LogP contribution in [-0.4, -0.2) is 37.4 Å². The summed E-state index contributed by atoms with van der Waals surface area (Å²) < 4.78 is 15.6. The van der Waals surface area contributed by atoms with E-state index in [2.05, 4.69) is 9.72 Å². The number of ether oxygens (including phenoxy) is 3. The highest BCUT2D eigenvalue weighted by Crippen LogP contribution is 2.12. The molecule has 0 radical (unpaired) electrons. The van der Waals surface area contributed by atoms with E-state index in [1.54, 1.807) is 12.1 Å². The first-order valence-electron chi connectivity index (χ1n) is 6.02. The Kier molecular flexibility index (Phi) is 4.66. The van der Waals surface area contributed by atoms with Gasteiger partial charge in [-0.2, -0.15) is 0 Å². The van der Waals surface area contributed by atoms with Gasteiger partial charge in [-0.25, -0.2) is 4.79 Å². The number of hydrogen-bond donors (Lipinski definition) is 0. The second-order valence-corrected chi connectivity index (χ2v) is 4.18. The van der Waals surface area contributed by atoms with Gasteiger partial charge in [-0.15, -0.1) is 0 Å². The van der Waals surface area contributed by atoms with Crippen LogP contribution in [-0.2, 0) is 20.8 Å². The van der Waals surface area contributed by atoms with Gasteiger partial charge in [0.2, 0.25) is 0 Å². The van der Waals surface area contributed by atoms with E-state index in [0.717, 1.165) is 25.1 Å².